The van der Waals surface area contributed by atoms with Crippen LogP contribution in [0.3, 0.4) is 0 Å². The van der Waals surface area contributed by atoms with E-state index in [1.54, 1.807) is 0 Å². The first-order valence-electron chi connectivity index (χ1n) is 6.55. The Morgan fingerprint density at radius 2 is 1.41 bits per heavy atom. The van der Waals surface area contributed by atoms with Gasteiger partial charge < -0.3 is 4.74 Å². The van der Waals surface area contributed by atoms with E-state index in [2.05, 4.69) is 6.92 Å². The lowest BCUT2D eigenvalue weighted by Gasteiger charge is -2.06. The van der Waals surface area contributed by atoms with Gasteiger partial charge in [-0.05, 0) is 6.42 Å². The highest BCUT2D eigenvalue weighted by Crippen LogP contribution is 2.18. The summed E-state index contributed by atoms with van der Waals surface area (Å²) >= 11 is 0. The molecule has 1 radical (unpaired) electrons. The Labute approximate surface area is 103 Å². The molecule has 0 bridgehead atoms. The molecule has 0 saturated carbocycles. The number of ether oxygens (including phenoxy) is 1. The molecule has 0 atom stereocenters. The van der Waals surface area contributed by atoms with Gasteiger partial charge in [0, 0.05) is 6.61 Å². The van der Waals surface area contributed by atoms with E-state index < -0.39 is 6.18 Å². The van der Waals surface area contributed by atoms with Crippen molar-refractivity contribution in [2.75, 3.05) is 13.2 Å². The summed E-state index contributed by atoms with van der Waals surface area (Å²) in [6.45, 7) is 2.30. The average molecular weight is 253 g/mol. The van der Waals surface area contributed by atoms with E-state index in [-0.39, 0.29) is 13.0 Å². The quantitative estimate of drug-likeness (QED) is 0.475. The Balaban J connectivity index is 2.99. The first kappa shape index (κ1) is 16.8. The molecule has 4 heteroatoms. The summed E-state index contributed by atoms with van der Waals surface area (Å²) in [5, 5.41) is 0. The van der Waals surface area contributed by atoms with Gasteiger partial charge >= 0.3 is 6.18 Å². The SMILES string of the molecule is CCCCCCCCCCOC[CH]C(F)(F)F. The predicted molar refractivity (Wildman–Crippen MR) is 63.8 cm³/mol. The molecule has 1 nitrogen and oxygen atoms in total. The second-order valence-corrected chi connectivity index (χ2v) is 4.30. The highest BCUT2D eigenvalue weighted by molar-refractivity contribution is 4.72. The molecule has 0 fully saturated rings. The van der Waals surface area contributed by atoms with Crippen molar-refractivity contribution >= 4 is 0 Å². The van der Waals surface area contributed by atoms with Crippen molar-refractivity contribution in [2.24, 2.45) is 0 Å². The molecule has 0 aromatic heterocycles. The predicted octanol–water partition coefficient (Wildman–Crippen LogP) is 4.91. The smallest absolute Gasteiger partial charge is 0.381 e. The van der Waals surface area contributed by atoms with Crippen LogP contribution in [-0.4, -0.2) is 19.4 Å². The minimum Gasteiger partial charge on any atom is -0.381 e. The molecule has 0 aliphatic carbocycles. The first-order chi connectivity index (χ1) is 8.06. The summed E-state index contributed by atoms with van der Waals surface area (Å²) in [5.74, 6) is 0. The Hall–Kier alpha value is -0.250. The van der Waals surface area contributed by atoms with Crippen molar-refractivity contribution in [1.82, 2.24) is 0 Å². The van der Waals surface area contributed by atoms with Gasteiger partial charge in [-0.1, -0.05) is 51.9 Å². The van der Waals surface area contributed by atoms with Crippen LogP contribution >= 0.6 is 0 Å². The van der Waals surface area contributed by atoms with Crippen molar-refractivity contribution in [2.45, 2.75) is 64.5 Å². The topological polar surface area (TPSA) is 9.23 Å². The molecule has 0 amide bonds. The third-order valence-electron chi connectivity index (χ3n) is 2.57. The van der Waals surface area contributed by atoms with E-state index in [1.807, 2.05) is 0 Å². The molecule has 103 valence electrons. The van der Waals surface area contributed by atoms with Gasteiger partial charge in [-0.25, -0.2) is 0 Å². The fraction of sp³-hybridized carbons (Fsp3) is 0.923. The lowest BCUT2D eigenvalue weighted by molar-refractivity contribution is -0.105. The number of rotatable bonds is 11. The number of hydrogen-bond donors (Lipinski definition) is 0. The molecule has 0 saturated heterocycles. The minimum absolute atomic E-state index is 0.248. The maximum absolute atomic E-state index is 11.7. The van der Waals surface area contributed by atoms with Gasteiger partial charge in [0.25, 0.3) is 0 Å². The molecule has 0 aliphatic heterocycles. The van der Waals surface area contributed by atoms with E-state index in [0.717, 1.165) is 19.3 Å². The van der Waals surface area contributed by atoms with Crippen LogP contribution in [0.1, 0.15) is 58.3 Å². The number of halogens is 3. The van der Waals surface area contributed by atoms with Gasteiger partial charge in [-0.3, -0.25) is 0 Å². The zero-order chi connectivity index (χ0) is 13.0. The molecule has 0 aromatic rings. The summed E-state index contributed by atoms with van der Waals surface area (Å²) in [5.41, 5.74) is 0. The summed E-state index contributed by atoms with van der Waals surface area (Å²) < 4.78 is 40.0. The molecule has 0 rings (SSSR count). The van der Waals surface area contributed by atoms with Crippen molar-refractivity contribution in [3.8, 4) is 0 Å². The zero-order valence-electron chi connectivity index (χ0n) is 10.7. The molecule has 0 heterocycles. The second-order valence-electron chi connectivity index (χ2n) is 4.30. The highest BCUT2D eigenvalue weighted by atomic mass is 19.4. The molecular formula is C13H24F3O. The first-order valence-corrected chi connectivity index (χ1v) is 6.55. The largest absolute Gasteiger partial charge is 0.394 e. The lowest BCUT2D eigenvalue weighted by Crippen LogP contribution is -2.13. The summed E-state index contributed by atoms with van der Waals surface area (Å²) in [6, 6.07) is 0. The van der Waals surface area contributed by atoms with E-state index in [4.69, 9.17) is 4.74 Å². The Morgan fingerprint density at radius 1 is 0.882 bits per heavy atom. The Morgan fingerprint density at radius 3 is 1.94 bits per heavy atom. The fourth-order valence-electron chi connectivity index (χ4n) is 1.57. The third-order valence-corrected chi connectivity index (χ3v) is 2.57. The number of alkyl halides is 3. The lowest BCUT2D eigenvalue weighted by atomic mass is 10.1. The van der Waals surface area contributed by atoms with E-state index in [1.165, 1.54) is 32.1 Å². The number of hydrogen-bond acceptors (Lipinski definition) is 1. The van der Waals surface area contributed by atoms with Gasteiger partial charge in [-0.2, -0.15) is 13.2 Å². The summed E-state index contributed by atoms with van der Waals surface area (Å²) in [6.07, 6.45) is 5.48. The summed E-state index contributed by atoms with van der Waals surface area (Å²) in [7, 11) is 0. The van der Waals surface area contributed by atoms with Crippen LogP contribution in [0.25, 0.3) is 0 Å². The molecule has 0 spiro atoms. The van der Waals surface area contributed by atoms with Gasteiger partial charge in [0.15, 0.2) is 0 Å². The highest BCUT2D eigenvalue weighted by Gasteiger charge is 2.26. The van der Waals surface area contributed by atoms with Gasteiger partial charge in [0.2, 0.25) is 0 Å². The molecule has 0 aliphatic rings. The van der Waals surface area contributed by atoms with Gasteiger partial charge in [-0.15, -0.1) is 0 Å². The van der Waals surface area contributed by atoms with Crippen LogP contribution in [0, 0.1) is 6.42 Å². The zero-order valence-corrected chi connectivity index (χ0v) is 10.7. The van der Waals surface area contributed by atoms with Crippen LogP contribution in [-0.2, 0) is 4.74 Å². The van der Waals surface area contributed by atoms with E-state index >= 15 is 0 Å². The third kappa shape index (κ3) is 15.8. The molecule has 17 heavy (non-hydrogen) atoms. The monoisotopic (exact) mass is 253 g/mol. The van der Waals surface area contributed by atoms with Crippen LogP contribution in [0.5, 0.6) is 0 Å². The van der Waals surface area contributed by atoms with Crippen molar-refractivity contribution in [1.29, 1.82) is 0 Å². The van der Waals surface area contributed by atoms with Crippen molar-refractivity contribution in [3.05, 3.63) is 6.42 Å². The Bertz CT molecular complexity index is 157. The maximum Gasteiger partial charge on any atom is 0.394 e. The number of unbranched alkanes of at least 4 members (excludes halogenated alkanes) is 7. The summed E-state index contributed by atoms with van der Waals surface area (Å²) in [4.78, 5) is 0. The van der Waals surface area contributed by atoms with Crippen LogP contribution in [0.4, 0.5) is 13.2 Å². The van der Waals surface area contributed by atoms with Gasteiger partial charge in [0.05, 0.1) is 13.0 Å². The average Bonchev–Trinajstić information content (AvgIpc) is 2.24. The normalized spacial score (nSPS) is 12.0. The maximum atomic E-state index is 11.7. The van der Waals surface area contributed by atoms with Crippen LogP contribution in [0.15, 0.2) is 0 Å². The van der Waals surface area contributed by atoms with Crippen molar-refractivity contribution < 1.29 is 17.9 Å². The molecule has 0 unspecified atom stereocenters. The standard InChI is InChI=1S/C13H24F3O/c1-2-3-4-5-6-7-8-9-11-17-12-10-13(14,15)16/h10H,2-9,11-12H2,1H3. The molecule has 0 aromatic carbocycles. The molecule has 0 N–H and O–H groups in total. The molecular weight excluding hydrogens is 229 g/mol. The van der Waals surface area contributed by atoms with E-state index in [0.29, 0.717) is 6.61 Å². The van der Waals surface area contributed by atoms with Crippen LogP contribution < -0.4 is 0 Å². The Kier molecular flexibility index (Phi) is 10.7. The van der Waals surface area contributed by atoms with E-state index in [9.17, 15) is 13.2 Å². The minimum atomic E-state index is -4.21. The van der Waals surface area contributed by atoms with Crippen molar-refractivity contribution in [3.63, 3.8) is 0 Å². The van der Waals surface area contributed by atoms with Crippen LogP contribution in [0.2, 0.25) is 0 Å². The van der Waals surface area contributed by atoms with Gasteiger partial charge in [0.1, 0.15) is 0 Å². The second kappa shape index (κ2) is 10.9. The fourth-order valence-corrected chi connectivity index (χ4v) is 1.57.